The molecule has 1 aromatic heterocycles. The van der Waals surface area contributed by atoms with Crippen molar-refractivity contribution in [2.24, 2.45) is 10.9 Å². The number of carbonyl (C=O) groups is 2. The highest BCUT2D eigenvalue weighted by Crippen LogP contribution is 2.20. The number of nitrogens with zero attached hydrogens (tertiary/aromatic N) is 3. The Hall–Kier alpha value is -1.91. The number of aliphatic imine (C=N–C) groups is 1. The predicted molar refractivity (Wildman–Crippen MR) is 121 cm³/mol. The number of rotatable bonds is 7. The molecule has 2 rings (SSSR count). The minimum Gasteiger partial charge on any atom is -0.359 e. The van der Waals surface area contributed by atoms with Crippen LogP contribution in [0.1, 0.15) is 36.5 Å². The van der Waals surface area contributed by atoms with Crippen molar-refractivity contribution in [2.75, 3.05) is 39.8 Å². The van der Waals surface area contributed by atoms with Crippen LogP contribution in [-0.4, -0.2) is 67.4 Å². The zero-order valence-electron chi connectivity index (χ0n) is 16.6. The van der Waals surface area contributed by atoms with Gasteiger partial charge in [-0.1, -0.05) is 0 Å². The van der Waals surface area contributed by atoms with Crippen molar-refractivity contribution in [3.8, 4) is 0 Å². The van der Waals surface area contributed by atoms with Gasteiger partial charge in [-0.3, -0.25) is 19.6 Å². The third-order valence-electron chi connectivity index (χ3n) is 4.58. The van der Waals surface area contributed by atoms with E-state index in [1.54, 1.807) is 31.6 Å². The van der Waals surface area contributed by atoms with Gasteiger partial charge in [-0.15, -0.1) is 24.0 Å². The summed E-state index contributed by atoms with van der Waals surface area (Å²) in [6.07, 6.45) is 5.75. The van der Waals surface area contributed by atoms with Crippen LogP contribution in [0.25, 0.3) is 0 Å². The Morgan fingerprint density at radius 1 is 1.29 bits per heavy atom. The largest absolute Gasteiger partial charge is 0.359 e. The minimum absolute atomic E-state index is 0. The Balaban J connectivity index is 0.00000392. The van der Waals surface area contributed by atoms with Crippen LogP contribution in [-0.2, 0) is 4.79 Å². The molecule has 28 heavy (non-hydrogen) atoms. The van der Waals surface area contributed by atoms with Crippen molar-refractivity contribution >= 4 is 41.8 Å². The van der Waals surface area contributed by atoms with Gasteiger partial charge in [0.2, 0.25) is 5.91 Å². The highest BCUT2D eigenvalue weighted by Gasteiger charge is 2.22. The summed E-state index contributed by atoms with van der Waals surface area (Å²) in [7, 11) is 1.68. The van der Waals surface area contributed by atoms with Gasteiger partial charge in [0.15, 0.2) is 5.96 Å². The molecule has 0 radical (unpaired) electrons. The molecule has 0 aromatic carbocycles. The molecule has 8 nitrogen and oxygen atoms in total. The van der Waals surface area contributed by atoms with Gasteiger partial charge in [-0.25, -0.2) is 0 Å². The van der Waals surface area contributed by atoms with Crippen molar-refractivity contribution < 1.29 is 9.59 Å². The molecule has 1 aliphatic heterocycles. The molecule has 2 heterocycles. The monoisotopic (exact) mass is 502 g/mol. The van der Waals surface area contributed by atoms with Gasteiger partial charge in [-0.2, -0.15) is 0 Å². The van der Waals surface area contributed by atoms with Gasteiger partial charge in [0.1, 0.15) is 0 Å². The molecule has 0 unspecified atom stereocenters. The molecule has 1 aromatic rings. The van der Waals surface area contributed by atoms with E-state index >= 15 is 0 Å². The fourth-order valence-corrected chi connectivity index (χ4v) is 3.07. The summed E-state index contributed by atoms with van der Waals surface area (Å²) >= 11 is 0. The van der Waals surface area contributed by atoms with Crippen molar-refractivity contribution in [1.29, 1.82) is 0 Å². The topological polar surface area (TPSA) is 98.7 Å². The van der Waals surface area contributed by atoms with E-state index in [0.717, 1.165) is 38.4 Å². The van der Waals surface area contributed by atoms with Crippen molar-refractivity contribution in [1.82, 2.24) is 25.8 Å². The number of pyridine rings is 1. The zero-order valence-corrected chi connectivity index (χ0v) is 18.9. The van der Waals surface area contributed by atoms with Gasteiger partial charge < -0.3 is 20.9 Å². The molecule has 0 bridgehead atoms. The molecule has 0 saturated carbocycles. The summed E-state index contributed by atoms with van der Waals surface area (Å²) in [6.45, 7) is 5.57. The predicted octanol–water partition coefficient (Wildman–Crippen LogP) is 1.24. The van der Waals surface area contributed by atoms with E-state index in [1.165, 1.54) is 0 Å². The van der Waals surface area contributed by atoms with Gasteiger partial charge in [0.25, 0.3) is 5.91 Å². The SMILES string of the molecule is CCNC(=NCCNC(=O)c1cccnc1)N1CCC(CC(=O)NC)CC1.I. The molecule has 1 fully saturated rings. The average molecular weight is 502 g/mol. The number of halogens is 1. The van der Waals surface area contributed by atoms with Crippen molar-refractivity contribution in [2.45, 2.75) is 26.2 Å². The fraction of sp³-hybridized carbons (Fsp3) is 0.579. The van der Waals surface area contributed by atoms with Crippen LogP contribution in [0, 0.1) is 5.92 Å². The molecule has 2 amide bonds. The van der Waals surface area contributed by atoms with Crippen LogP contribution < -0.4 is 16.0 Å². The maximum Gasteiger partial charge on any atom is 0.252 e. The zero-order chi connectivity index (χ0) is 19.5. The Labute approximate surface area is 184 Å². The molecule has 3 N–H and O–H groups in total. The lowest BCUT2D eigenvalue weighted by Gasteiger charge is -2.34. The first-order valence-electron chi connectivity index (χ1n) is 9.56. The van der Waals surface area contributed by atoms with Crippen LogP contribution in [0.4, 0.5) is 0 Å². The number of hydrogen-bond acceptors (Lipinski definition) is 4. The van der Waals surface area contributed by atoms with E-state index in [2.05, 4.69) is 30.8 Å². The lowest BCUT2D eigenvalue weighted by Crippen LogP contribution is -2.46. The fourth-order valence-electron chi connectivity index (χ4n) is 3.07. The van der Waals surface area contributed by atoms with E-state index in [0.29, 0.717) is 31.0 Å². The smallest absolute Gasteiger partial charge is 0.252 e. The maximum atomic E-state index is 12.0. The minimum atomic E-state index is -0.140. The second kappa shape index (κ2) is 13.3. The number of amides is 2. The van der Waals surface area contributed by atoms with Gasteiger partial charge in [0.05, 0.1) is 12.1 Å². The van der Waals surface area contributed by atoms with Gasteiger partial charge >= 0.3 is 0 Å². The standard InChI is InChI=1S/C19H30N6O2.HI/c1-3-22-19(25-11-6-15(7-12-25)13-17(26)20-2)24-10-9-23-18(27)16-5-4-8-21-14-16;/h4-5,8,14-15H,3,6-7,9-13H2,1-2H3,(H,20,26)(H,22,24)(H,23,27);1H. The maximum absolute atomic E-state index is 12.0. The summed E-state index contributed by atoms with van der Waals surface area (Å²) in [4.78, 5) is 34.3. The Morgan fingerprint density at radius 2 is 2.04 bits per heavy atom. The summed E-state index contributed by atoms with van der Waals surface area (Å²) < 4.78 is 0. The van der Waals surface area contributed by atoms with Gasteiger partial charge in [-0.05, 0) is 37.8 Å². The third kappa shape index (κ3) is 7.99. The van der Waals surface area contributed by atoms with Crippen LogP contribution in [0.2, 0.25) is 0 Å². The van der Waals surface area contributed by atoms with Crippen molar-refractivity contribution in [3.63, 3.8) is 0 Å². The lowest BCUT2D eigenvalue weighted by molar-refractivity contribution is -0.121. The number of guanidine groups is 1. The van der Waals surface area contributed by atoms with Crippen molar-refractivity contribution in [3.05, 3.63) is 30.1 Å². The van der Waals surface area contributed by atoms with Crippen LogP contribution in [0.15, 0.2) is 29.5 Å². The number of piperidine rings is 1. The summed E-state index contributed by atoms with van der Waals surface area (Å²) in [5, 5.41) is 8.87. The Morgan fingerprint density at radius 3 is 2.64 bits per heavy atom. The van der Waals surface area contributed by atoms with E-state index in [9.17, 15) is 9.59 Å². The average Bonchev–Trinajstić information content (AvgIpc) is 2.71. The van der Waals surface area contributed by atoms with Crippen LogP contribution in [0.5, 0.6) is 0 Å². The second-order valence-electron chi connectivity index (χ2n) is 6.54. The third-order valence-corrected chi connectivity index (χ3v) is 4.58. The first-order chi connectivity index (χ1) is 13.1. The van der Waals surface area contributed by atoms with E-state index in [-0.39, 0.29) is 35.8 Å². The Bertz CT molecular complexity index is 633. The molecule has 156 valence electrons. The van der Waals surface area contributed by atoms with E-state index in [1.807, 2.05) is 6.92 Å². The van der Waals surface area contributed by atoms with E-state index in [4.69, 9.17) is 0 Å². The molecule has 0 atom stereocenters. The van der Waals surface area contributed by atoms with Crippen LogP contribution >= 0.6 is 24.0 Å². The highest BCUT2D eigenvalue weighted by atomic mass is 127. The molecule has 1 aliphatic rings. The van der Waals surface area contributed by atoms with E-state index < -0.39 is 0 Å². The number of aromatic nitrogens is 1. The lowest BCUT2D eigenvalue weighted by atomic mass is 9.93. The molecule has 0 aliphatic carbocycles. The number of likely N-dealkylation sites (tertiary alicyclic amines) is 1. The first-order valence-corrected chi connectivity index (χ1v) is 9.56. The number of hydrogen-bond donors (Lipinski definition) is 3. The molecule has 1 saturated heterocycles. The summed E-state index contributed by atoms with van der Waals surface area (Å²) in [5.41, 5.74) is 0.548. The number of carbonyl (C=O) groups excluding carboxylic acids is 2. The number of nitrogens with one attached hydrogen (secondary N) is 3. The Kier molecular flexibility index (Phi) is 11.5. The molecule has 9 heteroatoms. The second-order valence-corrected chi connectivity index (χ2v) is 6.54. The highest BCUT2D eigenvalue weighted by molar-refractivity contribution is 14.0. The molecular formula is C19H31IN6O2. The normalized spacial score (nSPS) is 14.8. The molecule has 0 spiro atoms. The summed E-state index contributed by atoms with van der Waals surface area (Å²) in [6, 6.07) is 3.47. The van der Waals surface area contributed by atoms with Gasteiger partial charge in [0, 0.05) is 52.0 Å². The quantitative estimate of drug-likeness (QED) is 0.226. The first kappa shape index (κ1) is 24.1. The molecular weight excluding hydrogens is 471 g/mol. The van der Waals surface area contributed by atoms with Crippen LogP contribution in [0.3, 0.4) is 0 Å². The summed E-state index contributed by atoms with van der Waals surface area (Å²) in [5.74, 6) is 1.27.